The number of carbonyl (C=O) groups is 3. The second-order valence-corrected chi connectivity index (χ2v) is 8.87. The van der Waals surface area contributed by atoms with Crippen molar-refractivity contribution in [3.63, 3.8) is 0 Å². The fourth-order valence-electron chi connectivity index (χ4n) is 2.96. The Morgan fingerprint density at radius 1 is 1.25 bits per heavy atom. The van der Waals surface area contributed by atoms with Crippen LogP contribution >= 0.6 is 39.3 Å². The third kappa shape index (κ3) is 4.72. The fourth-order valence-corrected chi connectivity index (χ4v) is 4.52. The van der Waals surface area contributed by atoms with Crippen molar-refractivity contribution < 1.29 is 33.3 Å². The molecule has 2 amide bonds. The van der Waals surface area contributed by atoms with Gasteiger partial charge in [-0.2, -0.15) is 0 Å². The summed E-state index contributed by atoms with van der Waals surface area (Å²) in [5.74, 6) is 0.565. The zero-order chi connectivity index (χ0) is 22.8. The molecule has 2 aromatic carbocycles. The number of hydrogen-bond donors (Lipinski definition) is 0. The van der Waals surface area contributed by atoms with Crippen LogP contribution in [0.3, 0.4) is 0 Å². The van der Waals surface area contributed by atoms with E-state index in [1.165, 1.54) is 7.11 Å². The Kier molecular flexibility index (Phi) is 6.63. The molecule has 166 valence electrons. The van der Waals surface area contributed by atoms with Crippen molar-refractivity contribution in [1.82, 2.24) is 4.90 Å². The number of ether oxygens (including phenoxy) is 4. The molecule has 0 N–H and O–H groups in total. The topological polar surface area (TPSA) is 91.4 Å². The summed E-state index contributed by atoms with van der Waals surface area (Å²) in [4.78, 5) is 38.0. The van der Waals surface area contributed by atoms with Gasteiger partial charge in [0.15, 0.2) is 18.1 Å². The van der Waals surface area contributed by atoms with Crippen LogP contribution in [0.2, 0.25) is 5.02 Å². The van der Waals surface area contributed by atoms with Crippen molar-refractivity contribution in [3.05, 3.63) is 55.9 Å². The van der Waals surface area contributed by atoms with Gasteiger partial charge in [0.25, 0.3) is 11.1 Å². The summed E-state index contributed by atoms with van der Waals surface area (Å²) in [6, 6.07) is 8.35. The van der Waals surface area contributed by atoms with Crippen molar-refractivity contribution in [1.29, 1.82) is 0 Å². The number of halogens is 2. The molecule has 0 radical (unpaired) electrons. The minimum atomic E-state index is -0.503. The van der Waals surface area contributed by atoms with Gasteiger partial charge in [-0.15, -0.1) is 0 Å². The first-order valence-electron chi connectivity index (χ1n) is 9.18. The molecule has 0 unspecified atom stereocenters. The van der Waals surface area contributed by atoms with E-state index in [2.05, 4.69) is 20.7 Å². The highest BCUT2D eigenvalue weighted by molar-refractivity contribution is 9.10. The number of imide groups is 1. The van der Waals surface area contributed by atoms with Crippen LogP contribution in [-0.2, 0) is 20.9 Å². The van der Waals surface area contributed by atoms with Gasteiger partial charge in [-0.3, -0.25) is 14.5 Å². The van der Waals surface area contributed by atoms with Crippen LogP contribution < -0.4 is 14.2 Å². The largest absolute Gasteiger partial charge is 0.481 e. The van der Waals surface area contributed by atoms with E-state index in [4.69, 9.17) is 25.8 Å². The Morgan fingerprint density at radius 2 is 2.00 bits per heavy atom. The molecule has 1 saturated heterocycles. The highest BCUT2D eigenvalue weighted by Crippen LogP contribution is 2.39. The highest BCUT2D eigenvalue weighted by atomic mass is 79.9. The molecular formula is C21H15BrClNO7S. The second-order valence-electron chi connectivity index (χ2n) is 6.62. The fraction of sp³-hybridized carbons (Fsp3) is 0.190. The number of amides is 2. The van der Waals surface area contributed by atoms with E-state index in [1.807, 2.05) is 0 Å². The van der Waals surface area contributed by atoms with Crippen LogP contribution in [0.15, 0.2) is 39.7 Å². The number of carbonyl (C=O) groups excluding carboxylic acids is 3. The number of nitrogens with zero attached hydrogens (tertiary/aromatic N) is 1. The minimum Gasteiger partial charge on any atom is -0.481 e. The van der Waals surface area contributed by atoms with E-state index in [0.717, 1.165) is 16.7 Å². The normalized spacial score (nSPS) is 16.1. The van der Waals surface area contributed by atoms with Gasteiger partial charge in [-0.1, -0.05) is 17.7 Å². The molecule has 11 heteroatoms. The van der Waals surface area contributed by atoms with E-state index >= 15 is 0 Å². The van der Waals surface area contributed by atoms with Crippen molar-refractivity contribution in [2.75, 3.05) is 20.5 Å². The van der Waals surface area contributed by atoms with Crippen molar-refractivity contribution >= 4 is 62.5 Å². The molecule has 0 aliphatic carbocycles. The summed E-state index contributed by atoms with van der Waals surface area (Å²) in [7, 11) is 1.28. The Labute approximate surface area is 200 Å². The maximum absolute atomic E-state index is 12.9. The Balaban J connectivity index is 1.49. The molecule has 32 heavy (non-hydrogen) atoms. The standard InChI is InChI=1S/C21H15BrClNO7S/c1-28-19(25)9-29-15-3-2-11(4-13(15)22)5-18-20(26)24(21(27)32-18)8-12-6-16-17(7-14(12)23)31-10-30-16/h2-7H,8-10H2,1H3/b18-5-. The monoisotopic (exact) mass is 539 g/mol. The first-order chi connectivity index (χ1) is 15.4. The van der Waals surface area contributed by atoms with E-state index in [9.17, 15) is 14.4 Å². The smallest absolute Gasteiger partial charge is 0.343 e. The van der Waals surface area contributed by atoms with E-state index in [0.29, 0.717) is 37.9 Å². The molecule has 0 aromatic heterocycles. The summed E-state index contributed by atoms with van der Waals surface area (Å²) < 4.78 is 21.1. The number of esters is 1. The molecule has 2 aliphatic heterocycles. The number of rotatable bonds is 6. The third-order valence-electron chi connectivity index (χ3n) is 4.57. The van der Waals surface area contributed by atoms with Gasteiger partial charge in [0.05, 0.1) is 23.0 Å². The molecule has 2 aromatic rings. The predicted octanol–water partition coefficient (Wildman–Crippen LogP) is 4.62. The van der Waals surface area contributed by atoms with Gasteiger partial charge in [0.1, 0.15) is 5.75 Å². The van der Waals surface area contributed by atoms with Crippen LogP contribution in [-0.4, -0.2) is 42.5 Å². The molecule has 0 spiro atoms. The Hall–Kier alpha value is -2.69. The van der Waals surface area contributed by atoms with Crippen LogP contribution in [0.25, 0.3) is 6.08 Å². The SMILES string of the molecule is COC(=O)COc1ccc(/C=C2\SC(=O)N(Cc3cc4c(cc3Cl)OCO4)C2=O)cc1Br. The van der Waals surface area contributed by atoms with Crippen molar-refractivity contribution in [2.45, 2.75) is 6.54 Å². The Morgan fingerprint density at radius 3 is 2.72 bits per heavy atom. The molecule has 0 atom stereocenters. The summed E-state index contributed by atoms with van der Waals surface area (Å²) in [6.45, 7) is -0.112. The highest BCUT2D eigenvalue weighted by Gasteiger charge is 2.35. The first kappa shape index (κ1) is 22.5. The van der Waals surface area contributed by atoms with Gasteiger partial charge in [-0.25, -0.2) is 4.79 Å². The predicted molar refractivity (Wildman–Crippen MR) is 121 cm³/mol. The molecule has 0 bridgehead atoms. The number of thioether (sulfide) groups is 1. The van der Waals surface area contributed by atoms with E-state index < -0.39 is 17.1 Å². The lowest BCUT2D eigenvalue weighted by atomic mass is 10.1. The Bertz CT molecular complexity index is 1150. The molecule has 8 nitrogen and oxygen atoms in total. The van der Waals surface area contributed by atoms with Crippen LogP contribution in [0.4, 0.5) is 4.79 Å². The van der Waals surface area contributed by atoms with Gasteiger partial charge in [0, 0.05) is 11.1 Å². The first-order valence-corrected chi connectivity index (χ1v) is 11.2. The zero-order valence-electron chi connectivity index (χ0n) is 16.6. The summed E-state index contributed by atoms with van der Waals surface area (Å²) in [5, 5.41) is -0.0177. The summed E-state index contributed by atoms with van der Waals surface area (Å²) in [5.41, 5.74) is 1.25. The third-order valence-corrected chi connectivity index (χ3v) is 6.45. The average Bonchev–Trinajstić information content (AvgIpc) is 3.32. The van der Waals surface area contributed by atoms with Crippen molar-refractivity contribution in [3.8, 4) is 17.2 Å². The number of hydrogen-bond acceptors (Lipinski definition) is 8. The number of fused-ring (bicyclic) bond motifs is 1. The van der Waals surface area contributed by atoms with E-state index in [1.54, 1.807) is 36.4 Å². The van der Waals surface area contributed by atoms with E-state index in [-0.39, 0.29) is 24.8 Å². The molecule has 2 heterocycles. The quantitative estimate of drug-likeness (QED) is 0.387. The maximum Gasteiger partial charge on any atom is 0.343 e. The summed E-state index contributed by atoms with van der Waals surface area (Å²) >= 11 is 10.5. The maximum atomic E-state index is 12.9. The lowest BCUT2D eigenvalue weighted by Crippen LogP contribution is -2.27. The zero-order valence-corrected chi connectivity index (χ0v) is 19.7. The van der Waals surface area contributed by atoms with Crippen LogP contribution in [0, 0.1) is 0 Å². The number of methoxy groups -OCH3 is 1. The molecular weight excluding hydrogens is 526 g/mol. The molecule has 0 saturated carbocycles. The minimum absolute atomic E-state index is 0.0154. The molecule has 4 rings (SSSR count). The van der Waals surface area contributed by atoms with Gasteiger partial charge >= 0.3 is 5.97 Å². The van der Waals surface area contributed by atoms with Gasteiger partial charge in [-0.05, 0) is 63.1 Å². The molecule has 2 aliphatic rings. The summed E-state index contributed by atoms with van der Waals surface area (Å²) in [6.07, 6.45) is 1.61. The van der Waals surface area contributed by atoms with Gasteiger partial charge in [0.2, 0.25) is 6.79 Å². The second kappa shape index (κ2) is 9.43. The van der Waals surface area contributed by atoms with Crippen LogP contribution in [0.1, 0.15) is 11.1 Å². The molecule has 1 fully saturated rings. The van der Waals surface area contributed by atoms with Gasteiger partial charge < -0.3 is 18.9 Å². The average molecular weight is 541 g/mol. The van der Waals surface area contributed by atoms with Crippen LogP contribution in [0.5, 0.6) is 17.2 Å². The lowest BCUT2D eigenvalue weighted by Gasteiger charge is -2.14. The van der Waals surface area contributed by atoms with Crippen molar-refractivity contribution in [2.24, 2.45) is 0 Å². The lowest BCUT2D eigenvalue weighted by molar-refractivity contribution is -0.142. The number of benzene rings is 2.